The quantitative estimate of drug-likeness (QED) is 0.613. The molecule has 0 amide bonds. The topological polar surface area (TPSA) is 17.1 Å². The molecule has 2 rings (SSSR count). The first-order valence-corrected chi connectivity index (χ1v) is 6.38. The highest BCUT2D eigenvalue weighted by Gasteiger charge is 2.13. The molecule has 0 fully saturated rings. The molecular formula is C14H9BrF2O. The molecule has 0 saturated heterocycles. The number of carbonyl (C=O) groups excluding carboxylic acids is 1. The number of rotatable bonds is 3. The van der Waals surface area contributed by atoms with E-state index in [4.69, 9.17) is 0 Å². The molecule has 0 spiro atoms. The number of hydrogen-bond donors (Lipinski definition) is 0. The maximum atomic E-state index is 13.2. The molecule has 2 aromatic rings. The molecule has 0 bridgehead atoms. The average molecular weight is 311 g/mol. The predicted octanol–water partition coefficient (Wildman–Crippen LogP) is 4.21. The van der Waals surface area contributed by atoms with Gasteiger partial charge in [0.15, 0.2) is 5.78 Å². The molecule has 0 unspecified atom stereocenters. The molecule has 1 nitrogen and oxygen atoms in total. The van der Waals surface area contributed by atoms with Crippen LogP contribution in [0.1, 0.15) is 10.4 Å². The normalized spacial score (nSPS) is 10.4. The van der Waals surface area contributed by atoms with Gasteiger partial charge in [0.05, 0.1) is 5.33 Å². The molecule has 92 valence electrons. The van der Waals surface area contributed by atoms with E-state index in [0.29, 0.717) is 16.7 Å². The summed E-state index contributed by atoms with van der Waals surface area (Å²) in [6.45, 7) is 0. The van der Waals surface area contributed by atoms with Crippen molar-refractivity contribution in [3.63, 3.8) is 0 Å². The fraction of sp³-hybridized carbons (Fsp3) is 0.0714. The second kappa shape index (κ2) is 5.40. The van der Waals surface area contributed by atoms with Crippen LogP contribution < -0.4 is 0 Å². The minimum absolute atomic E-state index is 0.116. The molecule has 0 saturated carbocycles. The summed E-state index contributed by atoms with van der Waals surface area (Å²) in [7, 11) is 0. The molecule has 0 N–H and O–H groups in total. The molecule has 2 aromatic carbocycles. The second-order valence-electron chi connectivity index (χ2n) is 3.75. The fourth-order valence-corrected chi connectivity index (χ4v) is 2.00. The Morgan fingerprint density at radius 3 is 2.22 bits per heavy atom. The smallest absolute Gasteiger partial charge is 0.174 e. The fourth-order valence-electron chi connectivity index (χ4n) is 1.70. The Balaban J connectivity index is 2.56. The van der Waals surface area contributed by atoms with Gasteiger partial charge >= 0.3 is 0 Å². The van der Waals surface area contributed by atoms with Crippen molar-refractivity contribution < 1.29 is 13.6 Å². The van der Waals surface area contributed by atoms with Crippen molar-refractivity contribution in [1.29, 1.82) is 0 Å². The lowest BCUT2D eigenvalue weighted by molar-refractivity contribution is 0.102. The van der Waals surface area contributed by atoms with Crippen LogP contribution in [0.25, 0.3) is 11.1 Å². The van der Waals surface area contributed by atoms with Crippen LogP contribution in [0.4, 0.5) is 8.78 Å². The zero-order valence-corrected chi connectivity index (χ0v) is 10.9. The Labute approximate surface area is 112 Å². The van der Waals surface area contributed by atoms with Crippen molar-refractivity contribution in [3.8, 4) is 11.1 Å². The first kappa shape index (κ1) is 12.9. The molecule has 0 aliphatic rings. The number of hydrogen-bond acceptors (Lipinski definition) is 1. The summed E-state index contributed by atoms with van der Waals surface area (Å²) in [6, 6.07) is 9.74. The first-order valence-electron chi connectivity index (χ1n) is 5.26. The predicted molar refractivity (Wildman–Crippen MR) is 69.9 cm³/mol. The average Bonchev–Trinajstić information content (AvgIpc) is 2.39. The molecule has 4 heteroatoms. The highest BCUT2D eigenvalue weighted by molar-refractivity contribution is 9.09. The molecule has 0 radical (unpaired) electrons. The van der Waals surface area contributed by atoms with Gasteiger partial charge in [-0.25, -0.2) is 8.78 Å². The lowest BCUT2D eigenvalue weighted by atomic mass is 9.97. The zero-order valence-electron chi connectivity index (χ0n) is 9.29. The highest BCUT2D eigenvalue weighted by Crippen LogP contribution is 2.25. The van der Waals surface area contributed by atoms with Crippen molar-refractivity contribution in [2.24, 2.45) is 0 Å². The third-order valence-electron chi connectivity index (χ3n) is 2.56. The maximum Gasteiger partial charge on any atom is 0.174 e. The van der Waals surface area contributed by atoms with Gasteiger partial charge in [-0.15, -0.1) is 0 Å². The largest absolute Gasteiger partial charge is 0.293 e. The molecule has 0 aliphatic heterocycles. The molecule has 0 atom stereocenters. The van der Waals surface area contributed by atoms with E-state index in [-0.39, 0.29) is 16.9 Å². The van der Waals surface area contributed by atoms with Crippen molar-refractivity contribution in [3.05, 3.63) is 59.7 Å². The standard InChI is InChI=1S/C14H9BrF2O/c15-8-14(18)13-7-11(17)5-6-12(13)9-1-3-10(16)4-2-9/h1-7H,8H2. The van der Waals surface area contributed by atoms with E-state index in [2.05, 4.69) is 15.9 Å². The van der Waals surface area contributed by atoms with E-state index in [0.717, 1.165) is 0 Å². The highest BCUT2D eigenvalue weighted by atomic mass is 79.9. The second-order valence-corrected chi connectivity index (χ2v) is 4.31. The first-order chi connectivity index (χ1) is 8.61. The van der Waals surface area contributed by atoms with E-state index in [9.17, 15) is 13.6 Å². The Hall–Kier alpha value is -1.55. The number of ketones is 1. The van der Waals surface area contributed by atoms with Crippen LogP contribution in [-0.2, 0) is 0 Å². The SMILES string of the molecule is O=C(CBr)c1cc(F)ccc1-c1ccc(F)cc1. The molecule has 0 heterocycles. The minimum atomic E-state index is -0.467. The summed E-state index contributed by atoms with van der Waals surface area (Å²) >= 11 is 3.06. The Bertz CT molecular complexity index is 579. The number of Topliss-reactive ketones (excluding diaryl/α,β-unsaturated/α-hetero) is 1. The van der Waals surface area contributed by atoms with Gasteiger partial charge in [-0.3, -0.25) is 4.79 Å². The van der Waals surface area contributed by atoms with Gasteiger partial charge in [-0.1, -0.05) is 34.1 Å². The van der Waals surface area contributed by atoms with Gasteiger partial charge in [0.25, 0.3) is 0 Å². The molecule has 18 heavy (non-hydrogen) atoms. The Morgan fingerprint density at radius 2 is 1.61 bits per heavy atom. The van der Waals surface area contributed by atoms with Crippen molar-refractivity contribution >= 4 is 21.7 Å². The van der Waals surface area contributed by atoms with Crippen LogP contribution in [0.3, 0.4) is 0 Å². The minimum Gasteiger partial charge on any atom is -0.293 e. The molecular weight excluding hydrogens is 302 g/mol. The van der Waals surface area contributed by atoms with Crippen LogP contribution >= 0.6 is 15.9 Å². The van der Waals surface area contributed by atoms with Crippen LogP contribution in [0.2, 0.25) is 0 Å². The maximum absolute atomic E-state index is 13.2. The van der Waals surface area contributed by atoms with Gasteiger partial charge in [-0.05, 0) is 35.4 Å². The summed E-state index contributed by atoms with van der Waals surface area (Å²) in [6.07, 6.45) is 0. The van der Waals surface area contributed by atoms with Gasteiger partial charge in [0, 0.05) is 5.56 Å². The van der Waals surface area contributed by atoms with Crippen molar-refractivity contribution in [1.82, 2.24) is 0 Å². The number of benzene rings is 2. The summed E-state index contributed by atoms with van der Waals surface area (Å²) in [5, 5.41) is 0.116. The van der Waals surface area contributed by atoms with E-state index < -0.39 is 5.82 Å². The third kappa shape index (κ3) is 2.64. The Morgan fingerprint density at radius 1 is 1.00 bits per heavy atom. The van der Waals surface area contributed by atoms with E-state index in [1.54, 1.807) is 12.1 Å². The number of carbonyl (C=O) groups is 1. The lowest BCUT2D eigenvalue weighted by Crippen LogP contribution is -2.03. The van der Waals surface area contributed by atoms with E-state index >= 15 is 0 Å². The van der Waals surface area contributed by atoms with Crippen LogP contribution in [0.5, 0.6) is 0 Å². The number of alkyl halides is 1. The summed E-state index contributed by atoms with van der Waals surface area (Å²) in [4.78, 5) is 11.7. The lowest BCUT2D eigenvalue weighted by Gasteiger charge is -2.08. The summed E-state index contributed by atoms with van der Waals surface area (Å²) in [5.74, 6) is -1.03. The van der Waals surface area contributed by atoms with Crippen LogP contribution in [0.15, 0.2) is 42.5 Å². The van der Waals surface area contributed by atoms with E-state index in [1.165, 1.54) is 30.3 Å². The van der Waals surface area contributed by atoms with Gasteiger partial charge < -0.3 is 0 Å². The van der Waals surface area contributed by atoms with Gasteiger partial charge in [-0.2, -0.15) is 0 Å². The number of halogens is 3. The van der Waals surface area contributed by atoms with Crippen LogP contribution in [0, 0.1) is 11.6 Å². The van der Waals surface area contributed by atoms with Crippen LogP contribution in [-0.4, -0.2) is 11.1 Å². The van der Waals surface area contributed by atoms with Gasteiger partial charge in [0.2, 0.25) is 0 Å². The van der Waals surface area contributed by atoms with Crippen molar-refractivity contribution in [2.75, 3.05) is 5.33 Å². The van der Waals surface area contributed by atoms with E-state index in [1.807, 2.05) is 0 Å². The third-order valence-corrected chi connectivity index (χ3v) is 3.07. The zero-order chi connectivity index (χ0) is 13.1. The summed E-state index contributed by atoms with van der Waals surface area (Å²) < 4.78 is 26.1. The molecule has 0 aliphatic carbocycles. The Kier molecular flexibility index (Phi) is 3.87. The summed E-state index contributed by atoms with van der Waals surface area (Å²) in [5.41, 5.74) is 1.57. The van der Waals surface area contributed by atoms with Crippen molar-refractivity contribution in [2.45, 2.75) is 0 Å². The molecule has 0 aromatic heterocycles. The van der Waals surface area contributed by atoms with Gasteiger partial charge in [0.1, 0.15) is 11.6 Å². The monoisotopic (exact) mass is 310 g/mol.